The molecule has 7 heteroatoms. The molecule has 1 N–H and O–H groups in total. The van der Waals surface area contributed by atoms with Gasteiger partial charge in [0.25, 0.3) is 0 Å². The minimum absolute atomic E-state index is 0.0400. The molecule has 3 heterocycles. The van der Waals surface area contributed by atoms with Crippen molar-refractivity contribution < 1.29 is 14.6 Å². The van der Waals surface area contributed by atoms with E-state index in [-0.39, 0.29) is 17.6 Å². The highest BCUT2D eigenvalue weighted by molar-refractivity contribution is 5.79. The molecule has 0 fully saturated rings. The molecule has 0 bridgehead atoms. The Kier molecular flexibility index (Phi) is 4.97. The summed E-state index contributed by atoms with van der Waals surface area (Å²) in [6.07, 6.45) is 7.00. The number of hydrogen-bond acceptors (Lipinski definition) is 5. The average Bonchev–Trinajstić information content (AvgIpc) is 3.11. The van der Waals surface area contributed by atoms with Crippen molar-refractivity contribution in [3.8, 4) is 22.6 Å². The third-order valence-electron chi connectivity index (χ3n) is 4.86. The number of carbonyl (C=O) groups excluding carboxylic acids is 1. The summed E-state index contributed by atoms with van der Waals surface area (Å²) in [6.45, 7) is 3.63. The van der Waals surface area contributed by atoms with Crippen LogP contribution in [0, 0.1) is 5.92 Å². The Morgan fingerprint density at radius 3 is 2.93 bits per heavy atom. The first kappa shape index (κ1) is 18.0. The number of ether oxygens (including phenoxy) is 1. The van der Waals surface area contributed by atoms with Crippen molar-refractivity contribution in [1.82, 2.24) is 19.7 Å². The predicted octanol–water partition coefficient (Wildman–Crippen LogP) is 2.71. The topological polar surface area (TPSA) is 80.5 Å². The molecule has 0 spiro atoms. The first-order valence-electron chi connectivity index (χ1n) is 9.27. The molecule has 7 nitrogen and oxygen atoms in total. The summed E-state index contributed by atoms with van der Waals surface area (Å²) in [5.74, 6) is 0.354. The van der Waals surface area contributed by atoms with Gasteiger partial charge in [0.1, 0.15) is 6.61 Å². The van der Waals surface area contributed by atoms with Gasteiger partial charge in [-0.25, -0.2) is 0 Å². The summed E-state index contributed by atoms with van der Waals surface area (Å²) in [4.78, 5) is 18.9. The molecule has 1 aliphatic heterocycles. The zero-order valence-corrected chi connectivity index (χ0v) is 15.7. The zero-order chi connectivity index (χ0) is 19.5. The Morgan fingerprint density at radius 1 is 1.29 bits per heavy atom. The van der Waals surface area contributed by atoms with Crippen LogP contribution >= 0.6 is 0 Å². The van der Waals surface area contributed by atoms with E-state index in [4.69, 9.17) is 4.74 Å². The number of pyridine rings is 1. The van der Waals surface area contributed by atoms with E-state index in [0.717, 1.165) is 16.7 Å². The van der Waals surface area contributed by atoms with E-state index >= 15 is 0 Å². The van der Waals surface area contributed by atoms with Gasteiger partial charge in [0.05, 0.1) is 19.0 Å². The van der Waals surface area contributed by atoms with E-state index in [1.165, 1.54) is 0 Å². The molecule has 0 unspecified atom stereocenters. The van der Waals surface area contributed by atoms with Crippen LogP contribution in [0.3, 0.4) is 0 Å². The number of phenolic OH excluding ortho intramolecular Hbond substituents is 1. The third-order valence-corrected chi connectivity index (χ3v) is 4.86. The lowest BCUT2D eigenvalue weighted by molar-refractivity contribution is -0.136. The highest BCUT2D eigenvalue weighted by atomic mass is 16.5. The standard InChI is InChI=1S/C21H22N4O3/c1-15(13-25-7-3-6-23-25)21(27)24-8-9-28-20-18(14-24)10-17(11-19(20)26)16-4-2-5-22-12-16/h2-7,10-12,15,26H,8-9,13-14H2,1H3/t15-/m0/s1. The van der Waals surface area contributed by atoms with Crippen LogP contribution in [0.5, 0.6) is 11.5 Å². The molecule has 1 aromatic carbocycles. The number of aromatic nitrogens is 3. The molecular formula is C21H22N4O3. The lowest BCUT2D eigenvalue weighted by Gasteiger charge is -2.24. The number of carbonyl (C=O) groups is 1. The Hall–Kier alpha value is -3.35. The normalized spacial score (nSPS) is 14.7. The minimum Gasteiger partial charge on any atom is -0.504 e. The quantitative estimate of drug-likeness (QED) is 0.755. The fourth-order valence-electron chi connectivity index (χ4n) is 3.47. The van der Waals surface area contributed by atoms with Gasteiger partial charge in [-0.2, -0.15) is 5.10 Å². The van der Waals surface area contributed by atoms with Crippen LogP contribution in [0.25, 0.3) is 11.1 Å². The van der Waals surface area contributed by atoms with E-state index in [2.05, 4.69) is 10.1 Å². The van der Waals surface area contributed by atoms with Gasteiger partial charge in [-0.1, -0.05) is 13.0 Å². The van der Waals surface area contributed by atoms with Crippen LogP contribution in [0.2, 0.25) is 0 Å². The summed E-state index contributed by atoms with van der Waals surface area (Å²) in [7, 11) is 0. The summed E-state index contributed by atoms with van der Waals surface area (Å²) < 4.78 is 7.52. The largest absolute Gasteiger partial charge is 0.504 e. The van der Waals surface area contributed by atoms with Gasteiger partial charge >= 0.3 is 0 Å². The molecule has 3 aromatic rings. The molecule has 0 saturated carbocycles. The molecule has 0 aliphatic carbocycles. The van der Waals surface area contributed by atoms with Gasteiger partial charge in [-0.3, -0.25) is 14.5 Å². The van der Waals surface area contributed by atoms with Crippen LogP contribution in [0.15, 0.2) is 55.1 Å². The number of hydrogen-bond donors (Lipinski definition) is 1. The maximum absolute atomic E-state index is 13.0. The van der Waals surface area contributed by atoms with Gasteiger partial charge in [-0.15, -0.1) is 0 Å². The number of aromatic hydroxyl groups is 1. The van der Waals surface area contributed by atoms with Gasteiger partial charge in [0.15, 0.2) is 11.5 Å². The summed E-state index contributed by atoms with van der Waals surface area (Å²) in [5, 5.41) is 14.6. The predicted molar refractivity (Wildman–Crippen MR) is 104 cm³/mol. The van der Waals surface area contributed by atoms with Gasteiger partial charge in [0.2, 0.25) is 5.91 Å². The van der Waals surface area contributed by atoms with Gasteiger partial charge < -0.3 is 14.7 Å². The molecule has 28 heavy (non-hydrogen) atoms. The fourth-order valence-corrected chi connectivity index (χ4v) is 3.47. The second kappa shape index (κ2) is 7.72. The van der Waals surface area contributed by atoms with Crippen molar-refractivity contribution >= 4 is 5.91 Å². The number of fused-ring (bicyclic) bond motifs is 1. The van der Waals surface area contributed by atoms with Crippen molar-refractivity contribution in [2.24, 2.45) is 5.92 Å². The van der Waals surface area contributed by atoms with Gasteiger partial charge in [0, 0.05) is 42.5 Å². The van der Waals surface area contributed by atoms with Crippen molar-refractivity contribution in [2.45, 2.75) is 20.0 Å². The second-order valence-electron chi connectivity index (χ2n) is 6.96. The molecule has 1 amide bonds. The molecule has 0 radical (unpaired) electrons. The molecular weight excluding hydrogens is 356 g/mol. The highest BCUT2D eigenvalue weighted by Crippen LogP contribution is 2.37. The molecule has 1 aliphatic rings. The maximum atomic E-state index is 13.0. The smallest absolute Gasteiger partial charge is 0.227 e. The summed E-state index contributed by atoms with van der Waals surface area (Å²) >= 11 is 0. The Labute approximate surface area is 163 Å². The van der Waals surface area contributed by atoms with Gasteiger partial charge in [-0.05, 0) is 29.8 Å². The number of benzene rings is 1. The lowest BCUT2D eigenvalue weighted by atomic mass is 10.0. The maximum Gasteiger partial charge on any atom is 0.227 e. The van der Waals surface area contributed by atoms with E-state index in [0.29, 0.717) is 32.0 Å². The number of nitrogens with zero attached hydrogens (tertiary/aromatic N) is 4. The SMILES string of the molecule is C[C@@H](Cn1cccn1)C(=O)N1CCOc2c(O)cc(-c3cccnc3)cc2C1. The van der Waals surface area contributed by atoms with E-state index in [1.54, 1.807) is 34.2 Å². The molecule has 1 atom stereocenters. The van der Waals surface area contributed by atoms with E-state index < -0.39 is 0 Å². The third kappa shape index (κ3) is 3.69. The highest BCUT2D eigenvalue weighted by Gasteiger charge is 2.26. The molecule has 2 aromatic heterocycles. The van der Waals surface area contributed by atoms with Crippen LogP contribution in [0.4, 0.5) is 0 Å². The first-order chi connectivity index (χ1) is 13.6. The summed E-state index contributed by atoms with van der Waals surface area (Å²) in [5.41, 5.74) is 2.53. The Balaban J connectivity index is 1.58. The monoisotopic (exact) mass is 378 g/mol. The van der Waals surface area contributed by atoms with E-state index in [1.807, 2.05) is 37.4 Å². The number of phenols is 1. The minimum atomic E-state index is -0.212. The summed E-state index contributed by atoms with van der Waals surface area (Å²) in [6, 6.07) is 9.25. The first-order valence-corrected chi connectivity index (χ1v) is 9.27. The number of amides is 1. The number of rotatable bonds is 4. The molecule has 0 saturated heterocycles. The Bertz CT molecular complexity index is 957. The second-order valence-corrected chi connectivity index (χ2v) is 6.96. The van der Waals surface area contributed by atoms with Crippen molar-refractivity contribution in [3.63, 3.8) is 0 Å². The average molecular weight is 378 g/mol. The zero-order valence-electron chi connectivity index (χ0n) is 15.7. The van der Waals surface area contributed by atoms with Crippen molar-refractivity contribution in [2.75, 3.05) is 13.2 Å². The van der Waals surface area contributed by atoms with Crippen LogP contribution < -0.4 is 4.74 Å². The van der Waals surface area contributed by atoms with E-state index in [9.17, 15) is 9.90 Å². The van der Waals surface area contributed by atoms with Crippen molar-refractivity contribution in [3.05, 3.63) is 60.7 Å². The fraction of sp³-hybridized carbons (Fsp3) is 0.286. The Morgan fingerprint density at radius 2 is 2.18 bits per heavy atom. The molecule has 4 rings (SSSR count). The molecule has 144 valence electrons. The van der Waals surface area contributed by atoms with Crippen LogP contribution in [-0.2, 0) is 17.9 Å². The van der Waals surface area contributed by atoms with Crippen molar-refractivity contribution in [1.29, 1.82) is 0 Å². The lowest BCUT2D eigenvalue weighted by Crippen LogP contribution is -2.37. The van der Waals surface area contributed by atoms with Crippen LogP contribution in [-0.4, -0.2) is 43.8 Å². The van der Waals surface area contributed by atoms with Crippen LogP contribution in [0.1, 0.15) is 12.5 Å².